The van der Waals surface area contributed by atoms with Crippen LogP contribution in [0.15, 0.2) is 24.3 Å². The normalized spacial score (nSPS) is 13.3. The fourth-order valence-electron chi connectivity index (χ4n) is 2.23. The van der Waals surface area contributed by atoms with Gasteiger partial charge in [-0.2, -0.15) is 13.2 Å². The van der Waals surface area contributed by atoms with Crippen LogP contribution in [0.5, 0.6) is 0 Å². The molecule has 0 aliphatic rings. The topological polar surface area (TPSA) is 55.1 Å². The monoisotopic (exact) mass is 302 g/mol. The fourth-order valence-corrected chi connectivity index (χ4v) is 2.23. The van der Waals surface area contributed by atoms with Gasteiger partial charge in [0, 0.05) is 6.42 Å². The summed E-state index contributed by atoms with van der Waals surface area (Å²) in [5.74, 6) is -0.0836. The summed E-state index contributed by atoms with van der Waals surface area (Å²) in [5.41, 5.74) is 4.55. The smallest absolute Gasteiger partial charge is 0.330 e. The van der Waals surface area contributed by atoms with Gasteiger partial charge in [0.1, 0.15) is 0 Å². The van der Waals surface area contributed by atoms with Crippen molar-refractivity contribution < 1.29 is 18.0 Å². The van der Waals surface area contributed by atoms with E-state index < -0.39 is 17.6 Å². The molecule has 0 spiro atoms. The standard InChI is InChI=1S/C15H21F3N2O/c1-10(2)7-11(9-19)8-14(21)20-13-6-4-3-5-12(13)15(16,17)18/h3-6,10-11H,7-9,19H2,1-2H3,(H,20,21). The summed E-state index contributed by atoms with van der Waals surface area (Å²) in [6.07, 6.45) is -3.60. The summed E-state index contributed by atoms with van der Waals surface area (Å²) in [7, 11) is 0. The first kappa shape index (κ1) is 17.5. The van der Waals surface area contributed by atoms with E-state index in [0.717, 1.165) is 12.5 Å². The highest BCUT2D eigenvalue weighted by atomic mass is 19.4. The highest BCUT2D eigenvalue weighted by Crippen LogP contribution is 2.34. The Morgan fingerprint density at radius 3 is 2.43 bits per heavy atom. The summed E-state index contributed by atoms with van der Waals surface area (Å²) in [6.45, 7) is 4.37. The summed E-state index contributed by atoms with van der Waals surface area (Å²) in [4.78, 5) is 11.9. The number of rotatable bonds is 6. The molecule has 6 heteroatoms. The number of nitrogens with one attached hydrogen (secondary N) is 1. The molecule has 0 saturated heterocycles. The number of nitrogens with two attached hydrogens (primary N) is 1. The van der Waals surface area contributed by atoms with Crippen LogP contribution in [0.25, 0.3) is 0 Å². The van der Waals surface area contributed by atoms with Crippen molar-refractivity contribution in [2.24, 2.45) is 17.6 Å². The van der Waals surface area contributed by atoms with Crippen molar-refractivity contribution in [3.63, 3.8) is 0 Å². The molecular formula is C15H21F3N2O. The molecule has 3 N–H and O–H groups in total. The molecule has 21 heavy (non-hydrogen) atoms. The van der Waals surface area contributed by atoms with Gasteiger partial charge in [0.15, 0.2) is 0 Å². The number of amides is 1. The highest BCUT2D eigenvalue weighted by Gasteiger charge is 2.33. The molecule has 3 nitrogen and oxygen atoms in total. The lowest BCUT2D eigenvalue weighted by Crippen LogP contribution is -2.24. The molecule has 0 heterocycles. The van der Waals surface area contributed by atoms with Crippen molar-refractivity contribution in [2.45, 2.75) is 32.9 Å². The summed E-state index contributed by atoms with van der Waals surface area (Å²) < 4.78 is 38.5. The molecule has 0 fully saturated rings. The van der Waals surface area contributed by atoms with Crippen LogP contribution >= 0.6 is 0 Å². The second-order valence-electron chi connectivity index (χ2n) is 5.53. The van der Waals surface area contributed by atoms with Crippen molar-refractivity contribution in [3.8, 4) is 0 Å². The first-order chi connectivity index (χ1) is 9.74. The Bertz CT molecular complexity index is 472. The number of carbonyl (C=O) groups is 1. The van der Waals surface area contributed by atoms with E-state index in [4.69, 9.17) is 5.73 Å². The number of hydrogen-bond acceptors (Lipinski definition) is 2. The maximum atomic E-state index is 12.8. The minimum Gasteiger partial charge on any atom is -0.330 e. The minimum atomic E-state index is -4.49. The molecule has 0 bridgehead atoms. The number of anilines is 1. The third-order valence-electron chi connectivity index (χ3n) is 3.12. The third kappa shape index (κ3) is 5.75. The van der Waals surface area contributed by atoms with Gasteiger partial charge in [0.2, 0.25) is 5.91 Å². The van der Waals surface area contributed by atoms with Crippen molar-refractivity contribution in [2.75, 3.05) is 11.9 Å². The SMILES string of the molecule is CC(C)CC(CN)CC(=O)Nc1ccccc1C(F)(F)F. The Morgan fingerprint density at radius 2 is 1.90 bits per heavy atom. The van der Waals surface area contributed by atoms with Crippen LogP contribution in [0.3, 0.4) is 0 Å². The van der Waals surface area contributed by atoms with Crippen LogP contribution in [0, 0.1) is 11.8 Å². The largest absolute Gasteiger partial charge is 0.418 e. The molecule has 1 unspecified atom stereocenters. The lowest BCUT2D eigenvalue weighted by Gasteiger charge is -2.18. The Kier molecular flexibility index (Phi) is 6.20. The molecular weight excluding hydrogens is 281 g/mol. The maximum Gasteiger partial charge on any atom is 0.418 e. The maximum absolute atomic E-state index is 12.8. The van der Waals surface area contributed by atoms with Gasteiger partial charge in [-0.3, -0.25) is 4.79 Å². The van der Waals surface area contributed by atoms with E-state index in [1.54, 1.807) is 0 Å². The molecule has 0 aliphatic heterocycles. The summed E-state index contributed by atoms with van der Waals surface area (Å²) >= 11 is 0. The van der Waals surface area contributed by atoms with E-state index in [1.165, 1.54) is 18.2 Å². The zero-order valence-electron chi connectivity index (χ0n) is 12.2. The number of para-hydroxylation sites is 1. The summed E-state index contributed by atoms with van der Waals surface area (Å²) in [6, 6.07) is 4.95. The molecule has 0 saturated carbocycles. The van der Waals surface area contributed by atoms with Crippen molar-refractivity contribution in [1.29, 1.82) is 0 Å². The van der Waals surface area contributed by atoms with Crippen LogP contribution in [-0.4, -0.2) is 12.5 Å². The Balaban J connectivity index is 2.75. The molecule has 1 aromatic rings. The average molecular weight is 302 g/mol. The van der Waals surface area contributed by atoms with E-state index in [1.807, 2.05) is 13.8 Å². The van der Waals surface area contributed by atoms with Crippen LogP contribution in [0.2, 0.25) is 0 Å². The number of halogens is 3. The second kappa shape index (κ2) is 7.45. The molecule has 1 amide bonds. The summed E-state index contributed by atoms with van der Waals surface area (Å²) in [5, 5.41) is 2.34. The molecule has 1 rings (SSSR count). The van der Waals surface area contributed by atoms with Crippen molar-refractivity contribution in [1.82, 2.24) is 0 Å². The number of carbonyl (C=O) groups excluding carboxylic acids is 1. The van der Waals surface area contributed by atoms with Gasteiger partial charge in [-0.15, -0.1) is 0 Å². The minimum absolute atomic E-state index is 0.0250. The van der Waals surface area contributed by atoms with Gasteiger partial charge < -0.3 is 11.1 Å². The zero-order valence-corrected chi connectivity index (χ0v) is 12.2. The first-order valence-corrected chi connectivity index (χ1v) is 6.90. The van der Waals surface area contributed by atoms with Gasteiger partial charge in [-0.05, 0) is 36.9 Å². The van der Waals surface area contributed by atoms with Crippen LogP contribution in [0.1, 0.15) is 32.3 Å². The lowest BCUT2D eigenvalue weighted by atomic mass is 9.94. The van der Waals surface area contributed by atoms with Gasteiger partial charge in [0.05, 0.1) is 11.3 Å². The zero-order chi connectivity index (χ0) is 16.0. The molecule has 0 radical (unpaired) electrons. The van der Waals surface area contributed by atoms with E-state index in [-0.39, 0.29) is 18.0 Å². The van der Waals surface area contributed by atoms with Gasteiger partial charge in [-0.25, -0.2) is 0 Å². The predicted octanol–water partition coefficient (Wildman–Crippen LogP) is 3.66. The molecule has 1 aromatic carbocycles. The first-order valence-electron chi connectivity index (χ1n) is 6.90. The van der Waals surface area contributed by atoms with E-state index in [2.05, 4.69) is 5.32 Å². The van der Waals surface area contributed by atoms with Gasteiger partial charge >= 0.3 is 6.18 Å². The Morgan fingerprint density at radius 1 is 1.29 bits per heavy atom. The second-order valence-corrected chi connectivity index (χ2v) is 5.53. The van der Waals surface area contributed by atoms with Crippen LogP contribution in [-0.2, 0) is 11.0 Å². The number of hydrogen-bond donors (Lipinski definition) is 2. The van der Waals surface area contributed by atoms with E-state index in [0.29, 0.717) is 12.5 Å². The van der Waals surface area contributed by atoms with Crippen molar-refractivity contribution in [3.05, 3.63) is 29.8 Å². The average Bonchev–Trinajstić information content (AvgIpc) is 2.36. The number of benzene rings is 1. The predicted molar refractivity (Wildman–Crippen MR) is 76.7 cm³/mol. The molecule has 0 aromatic heterocycles. The van der Waals surface area contributed by atoms with Gasteiger partial charge in [-0.1, -0.05) is 26.0 Å². The van der Waals surface area contributed by atoms with Crippen LogP contribution in [0.4, 0.5) is 18.9 Å². The fraction of sp³-hybridized carbons (Fsp3) is 0.533. The third-order valence-corrected chi connectivity index (χ3v) is 3.12. The molecule has 118 valence electrons. The Labute approximate surface area is 122 Å². The Hall–Kier alpha value is -1.56. The van der Waals surface area contributed by atoms with Gasteiger partial charge in [0.25, 0.3) is 0 Å². The molecule has 1 atom stereocenters. The quantitative estimate of drug-likeness (QED) is 0.842. The van der Waals surface area contributed by atoms with E-state index >= 15 is 0 Å². The highest BCUT2D eigenvalue weighted by molar-refractivity contribution is 5.91. The van der Waals surface area contributed by atoms with E-state index in [9.17, 15) is 18.0 Å². The molecule has 0 aliphatic carbocycles. The van der Waals surface area contributed by atoms with Crippen LogP contribution < -0.4 is 11.1 Å². The number of alkyl halides is 3. The lowest BCUT2D eigenvalue weighted by molar-refractivity contribution is -0.137. The van der Waals surface area contributed by atoms with Crippen molar-refractivity contribution >= 4 is 11.6 Å².